The number of nitrogens with zero attached hydrogens (tertiary/aromatic N) is 6. The highest BCUT2D eigenvalue weighted by Crippen LogP contribution is 2.52. The Morgan fingerprint density at radius 2 is 1.88 bits per heavy atom. The summed E-state index contributed by atoms with van der Waals surface area (Å²) in [4.78, 5) is 33.7. The van der Waals surface area contributed by atoms with Crippen LogP contribution in [0.4, 0.5) is 23.4 Å². The molecule has 2 fully saturated rings. The van der Waals surface area contributed by atoms with Crippen molar-refractivity contribution in [3.63, 3.8) is 0 Å². The number of aromatic nitrogens is 4. The lowest BCUT2D eigenvalue weighted by molar-refractivity contribution is -0.137. The van der Waals surface area contributed by atoms with Gasteiger partial charge in [-0.1, -0.05) is 6.58 Å². The first kappa shape index (κ1) is 27.9. The summed E-state index contributed by atoms with van der Waals surface area (Å²) in [6.45, 7) is 5.51. The van der Waals surface area contributed by atoms with Crippen LogP contribution in [0, 0.1) is 11.2 Å². The fraction of sp³-hybridized carbons (Fsp3) is 0.379. The number of thioether (sulfide) groups is 1. The number of rotatable bonds is 3. The maximum atomic E-state index is 15.8. The fourth-order valence-electron chi connectivity index (χ4n) is 6.31. The van der Waals surface area contributed by atoms with E-state index in [1.54, 1.807) is 16.8 Å². The quantitative estimate of drug-likeness (QED) is 0.254. The second-order valence-corrected chi connectivity index (χ2v) is 12.2. The van der Waals surface area contributed by atoms with Gasteiger partial charge in [-0.15, -0.1) is 11.8 Å². The SMILES string of the molecule is C=CC(=O)N1CCN(c2nc(=O)n3c4c(c(-c5c(F)ccc6cnn(C)c56)c(C(F)(F)F)cc24)SCC2(COC2)C3)CC1. The Balaban J connectivity index is 1.55. The number of alkyl halides is 3. The zero-order chi connectivity index (χ0) is 30.3. The third-order valence-electron chi connectivity index (χ3n) is 8.50. The van der Waals surface area contributed by atoms with Gasteiger partial charge in [0.15, 0.2) is 0 Å². The third kappa shape index (κ3) is 4.33. The number of hydrogen-bond acceptors (Lipinski definition) is 7. The van der Waals surface area contributed by atoms with Gasteiger partial charge in [0.25, 0.3) is 0 Å². The number of aryl methyl sites for hydroxylation is 1. The van der Waals surface area contributed by atoms with Gasteiger partial charge in [-0.25, -0.2) is 9.18 Å². The van der Waals surface area contributed by atoms with Crippen LogP contribution < -0.4 is 10.6 Å². The molecular formula is C29H26F4N6O3S. The Kier molecular flexibility index (Phi) is 6.36. The van der Waals surface area contributed by atoms with Crippen LogP contribution >= 0.6 is 11.8 Å². The topological polar surface area (TPSA) is 85.5 Å². The summed E-state index contributed by atoms with van der Waals surface area (Å²) >= 11 is 1.19. The summed E-state index contributed by atoms with van der Waals surface area (Å²) in [5, 5.41) is 4.82. The molecule has 0 N–H and O–H groups in total. The summed E-state index contributed by atoms with van der Waals surface area (Å²) < 4.78 is 69.4. The molecule has 3 aliphatic heterocycles. The highest BCUT2D eigenvalue weighted by Gasteiger charge is 2.45. The van der Waals surface area contributed by atoms with Gasteiger partial charge in [-0.2, -0.15) is 23.3 Å². The Morgan fingerprint density at radius 3 is 2.53 bits per heavy atom. The van der Waals surface area contributed by atoms with Gasteiger partial charge in [0.2, 0.25) is 5.91 Å². The number of benzene rings is 2. The monoisotopic (exact) mass is 614 g/mol. The Bertz CT molecular complexity index is 1890. The normalized spacial score (nSPS) is 18.3. The van der Waals surface area contributed by atoms with Crippen molar-refractivity contribution < 1.29 is 27.1 Å². The maximum absolute atomic E-state index is 15.8. The number of hydrogen-bond donors (Lipinski definition) is 0. The van der Waals surface area contributed by atoms with E-state index in [1.807, 2.05) is 0 Å². The molecule has 43 heavy (non-hydrogen) atoms. The summed E-state index contributed by atoms with van der Waals surface area (Å²) in [5.41, 5.74) is -2.14. The van der Waals surface area contributed by atoms with Crippen LogP contribution in [0.3, 0.4) is 0 Å². The second kappa shape index (κ2) is 9.81. The van der Waals surface area contributed by atoms with Crippen LogP contribution in [0.25, 0.3) is 32.9 Å². The van der Waals surface area contributed by atoms with Crippen molar-refractivity contribution in [3.8, 4) is 11.1 Å². The first-order valence-corrected chi connectivity index (χ1v) is 14.7. The number of carbonyl (C=O) groups excluding carboxylic acids is 1. The molecule has 9 nitrogen and oxygen atoms in total. The van der Waals surface area contributed by atoms with Gasteiger partial charge in [0.05, 0.1) is 36.0 Å². The molecule has 4 aromatic rings. The molecule has 2 saturated heterocycles. The van der Waals surface area contributed by atoms with Crippen molar-refractivity contribution in [1.82, 2.24) is 24.2 Å². The van der Waals surface area contributed by atoms with Crippen molar-refractivity contribution in [1.29, 1.82) is 0 Å². The second-order valence-electron chi connectivity index (χ2n) is 11.3. The summed E-state index contributed by atoms with van der Waals surface area (Å²) in [6, 6.07) is 3.63. The molecule has 0 aliphatic carbocycles. The first-order chi connectivity index (χ1) is 20.5. The molecule has 2 aromatic heterocycles. The number of carbonyl (C=O) groups is 1. The minimum absolute atomic E-state index is 0.112. The van der Waals surface area contributed by atoms with Crippen molar-refractivity contribution in [2.75, 3.05) is 50.0 Å². The molecule has 2 aromatic carbocycles. The van der Waals surface area contributed by atoms with Crippen molar-refractivity contribution >= 4 is 45.3 Å². The molecule has 0 radical (unpaired) electrons. The average molecular weight is 615 g/mol. The van der Waals surface area contributed by atoms with E-state index < -0.39 is 28.7 Å². The molecule has 5 heterocycles. The standard InChI is InChI=1S/C29H26F4N6O3S/c1-3-20(40)37-6-8-38(9-7-37)26-17-10-18(29(31,32)33)21(22-19(30)5-4-16-11-34-36(2)23(16)22)25-24(17)39(27(41)35-26)12-28(15-43-25)13-42-14-28/h3-5,10-11H,1,6-9,12-15H2,2H3. The van der Waals surface area contributed by atoms with Gasteiger partial charge in [-0.05, 0) is 24.3 Å². The molecule has 14 heteroatoms. The number of fused-ring (bicyclic) bond motifs is 1. The Morgan fingerprint density at radius 1 is 1.14 bits per heavy atom. The van der Waals surface area contributed by atoms with E-state index in [2.05, 4.69) is 16.7 Å². The fourth-order valence-corrected chi connectivity index (χ4v) is 7.73. The van der Waals surface area contributed by atoms with E-state index >= 15 is 17.6 Å². The first-order valence-electron chi connectivity index (χ1n) is 13.7. The molecular weight excluding hydrogens is 588 g/mol. The van der Waals surface area contributed by atoms with E-state index in [4.69, 9.17) is 4.74 Å². The summed E-state index contributed by atoms with van der Waals surface area (Å²) in [7, 11) is 1.56. The predicted molar refractivity (Wildman–Crippen MR) is 154 cm³/mol. The number of anilines is 1. The highest BCUT2D eigenvalue weighted by atomic mass is 32.2. The lowest BCUT2D eigenvalue weighted by atomic mass is 9.88. The molecule has 7 rings (SSSR count). The highest BCUT2D eigenvalue weighted by molar-refractivity contribution is 7.99. The van der Waals surface area contributed by atoms with Crippen LogP contribution in [-0.2, 0) is 29.3 Å². The Labute approximate surface area is 246 Å². The smallest absolute Gasteiger partial charge is 0.380 e. The van der Waals surface area contributed by atoms with E-state index in [9.17, 15) is 9.59 Å². The number of piperazine rings is 1. The van der Waals surface area contributed by atoms with E-state index in [0.29, 0.717) is 24.4 Å². The molecule has 0 atom stereocenters. The van der Waals surface area contributed by atoms with Gasteiger partial charge < -0.3 is 14.5 Å². The van der Waals surface area contributed by atoms with Crippen molar-refractivity contribution in [2.24, 2.45) is 12.5 Å². The zero-order valence-electron chi connectivity index (χ0n) is 23.1. The van der Waals surface area contributed by atoms with Crippen LogP contribution in [0.1, 0.15) is 5.56 Å². The molecule has 0 unspecified atom stereocenters. The molecule has 0 saturated carbocycles. The lowest BCUT2D eigenvalue weighted by Gasteiger charge is -2.40. The zero-order valence-corrected chi connectivity index (χ0v) is 23.9. The van der Waals surface area contributed by atoms with Gasteiger partial charge >= 0.3 is 11.9 Å². The minimum Gasteiger partial charge on any atom is -0.380 e. The average Bonchev–Trinajstić information content (AvgIpc) is 3.22. The lowest BCUT2D eigenvalue weighted by Crippen LogP contribution is -2.50. The minimum atomic E-state index is -4.87. The molecule has 0 bridgehead atoms. The van der Waals surface area contributed by atoms with Gasteiger partial charge in [-0.3, -0.25) is 14.0 Å². The number of ether oxygens (including phenoxy) is 1. The van der Waals surface area contributed by atoms with Crippen LogP contribution in [-0.4, -0.2) is 75.3 Å². The van der Waals surface area contributed by atoms with Gasteiger partial charge in [0, 0.05) is 77.7 Å². The van der Waals surface area contributed by atoms with E-state index in [0.717, 1.165) is 12.1 Å². The van der Waals surface area contributed by atoms with Gasteiger partial charge in [0.1, 0.15) is 11.6 Å². The maximum Gasteiger partial charge on any atom is 0.417 e. The summed E-state index contributed by atoms with van der Waals surface area (Å²) in [6.07, 6.45) is -2.18. The van der Waals surface area contributed by atoms with Crippen LogP contribution in [0.15, 0.2) is 46.7 Å². The molecule has 1 spiro atoms. The van der Waals surface area contributed by atoms with E-state index in [-0.39, 0.29) is 76.9 Å². The van der Waals surface area contributed by atoms with Crippen molar-refractivity contribution in [2.45, 2.75) is 17.6 Å². The van der Waals surface area contributed by atoms with Crippen LogP contribution in [0.5, 0.6) is 0 Å². The molecule has 3 aliphatic rings. The largest absolute Gasteiger partial charge is 0.417 e. The molecule has 224 valence electrons. The van der Waals surface area contributed by atoms with Crippen molar-refractivity contribution in [3.05, 3.63) is 58.9 Å². The van der Waals surface area contributed by atoms with E-state index in [1.165, 1.54) is 39.4 Å². The van der Waals surface area contributed by atoms with Crippen LogP contribution in [0.2, 0.25) is 0 Å². The predicted octanol–water partition coefficient (Wildman–Crippen LogP) is 4.07. The third-order valence-corrected chi connectivity index (χ3v) is 9.95. The number of amides is 1. The molecule has 1 amide bonds. The summed E-state index contributed by atoms with van der Waals surface area (Å²) in [5.74, 6) is -0.588. The Hall–Kier alpha value is -3.91. The number of halogens is 4.